The van der Waals surface area contributed by atoms with Gasteiger partial charge in [0.2, 0.25) is 0 Å². The topological polar surface area (TPSA) is 28.2 Å². The van der Waals surface area contributed by atoms with E-state index in [2.05, 4.69) is 45.0 Å². The third-order valence-electron chi connectivity index (χ3n) is 2.29. The largest absolute Gasteiger partial charge is 0.345 e. The van der Waals surface area contributed by atoms with Crippen molar-refractivity contribution in [3.8, 4) is 0 Å². The first-order valence-electron chi connectivity index (χ1n) is 4.77. The Hall–Kier alpha value is -0.130. The zero-order chi connectivity index (χ0) is 10.1. The van der Waals surface area contributed by atoms with E-state index in [9.17, 15) is 0 Å². The second-order valence-corrected chi connectivity index (χ2v) is 5.48. The van der Waals surface area contributed by atoms with Gasteiger partial charge < -0.3 is 10.2 Å². The van der Waals surface area contributed by atoms with E-state index in [1.54, 1.807) is 11.3 Å². The molecule has 1 aromatic heterocycles. The van der Waals surface area contributed by atoms with Crippen molar-refractivity contribution in [3.63, 3.8) is 0 Å². The Morgan fingerprint density at radius 1 is 1.50 bits per heavy atom. The average Bonchev–Trinajstić information content (AvgIpc) is 2.50. The molecule has 1 N–H and O–H groups in total. The Kier molecular flexibility index (Phi) is 3.09. The number of piperazine rings is 1. The molecular formula is C9H14BrN3S. The monoisotopic (exact) mass is 275 g/mol. The highest BCUT2D eigenvalue weighted by Crippen LogP contribution is 2.25. The van der Waals surface area contributed by atoms with Crippen LogP contribution in [0.2, 0.25) is 0 Å². The summed E-state index contributed by atoms with van der Waals surface area (Å²) < 4.78 is 0.941. The van der Waals surface area contributed by atoms with Crippen LogP contribution in [0.15, 0.2) is 9.98 Å². The predicted octanol–water partition coefficient (Wildman–Crippen LogP) is 2.09. The van der Waals surface area contributed by atoms with Crippen LogP contribution in [0.4, 0.5) is 5.13 Å². The first kappa shape index (κ1) is 10.4. The summed E-state index contributed by atoms with van der Waals surface area (Å²) in [6.07, 6.45) is 0. The van der Waals surface area contributed by atoms with Crippen LogP contribution >= 0.6 is 27.3 Å². The van der Waals surface area contributed by atoms with Crippen molar-refractivity contribution in [1.29, 1.82) is 0 Å². The zero-order valence-corrected chi connectivity index (χ0v) is 10.7. The summed E-state index contributed by atoms with van der Waals surface area (Å²) in [4.78, 5) is 6.79. The van der Waals surface area contributed by atoms with E-state index >= 15 is 0 Å². The molecule has 78 valence electrons. The van der Waals surface area contributed by atoms with E-state index in [0.29, 0.717) is 12.1 Å². The van der Waals surface area contributed by atoms with Crippen molar-refractivity contribution in [2.24, 2.45) is 0 Å². The van der Waals surface area contributed by atoms with Crippen molar-refractivity contribution < 1.29 is 0 Å². The molecule has 0 amide bonds. The molecule has 3 nitrogen and oxygen atoms in total. The van der Waals surface area contributed by atoms with E-state index in [1.165, 1.54) is 0 Å². The Labute approximate surface area is 96.7 Å². The van der Waals surface area contributed by atoms with Crippen LogP contribution in [0.1, 0.15) is 13.8 Å². The van der Waals surface area contributed by atoms with E-state index in [0.717, 1.165) is 22.8 Å². The molecule has 2 unspecified atom stereocenters. The molecule has 0 radical (unpaired) electrons. The minimum atomic E-state index is 0.543. The lowest BCUT2D eigenvalue weighted by atomic mass is 10.2. The lowest BCUT2D eigenvalue weighted by Gasteiger charge is -2.35. The normalized spacial score (nSPS) is 28.1. The SMILES string of the molecule is CC1CN(c2nc(Br)cs2)CC(C)N1. The quantitative estimate of drug-likeness (QED) is 0.851. The lowest BCUT2D eigenvalue weighted by molar-refractivity contribution is 0.406. The number of anilines is 1. The van der Waals surface area contributed by atoms with Crippen LogP contribution in [-0.4, -0.2) is 30.2 Å². The molecule has 1 aliphatic rings. The molecule has 1 fully saturated rings. The van der Waals surface area contributed by atoms with Gasteiger partial charge in [0.05, 0.1) is 0 Å². The summed E-state index contributed by atoms with van der Waals surface area (Å²) in [6.45, 7) is 6.52. The first-order valence-corrected chi connectivity index (χ1v) is 6.44. The number of hydrogen-bond acceptors (Lipinski definition) is 4. The first-order chi connectivity index (χ1) is 6.65. The van der Waals surface area contributed by atoms with Crippen molar-refractivity contribution in [2.45, 2.75) is 25.9 Å². The minimum absolute atomic E-state index is 0.543. The molecular weight excluding hydrogens is 262 g/mol. The van der Waals surface area contributed by atoms with Gasteiger partial charge in [-0.1, -0.05) is 0 Å². The number of halogens is 1. The van der Waals surface area contributed by atoms with Crippen LogP contribution in [-0.2, 0) is 0 Å². The molecule has 0 saturated carbocycles. The number of aromatic nitrogens is 1. The molecule has 1 saturated heterocycles. The van der Waals surface area contributed by atoms with Gasteiger partial charge >= 0.3 is 0 Å². The van der Waals surface area contributed by atoms with Crippen molar-refractivity contribution in [3.05, 3.63) is 9.98 Å². The molecule has 1 aliphatic heterocycles. The summed E-state index contributed by atoms with van der Waals surface area (Å²) >= 11 is 5.09. The van der Waals surface area contributed by atoms with Gasteiger partial charge in [-0.05, 0) is 29.8 Å². The molecule has 2 atom stereocenters. The second kappa shape index (κ2) is 4.16. The van der Waals surface area contributed by atoms with Gasteiger partial charge in [0.15, 0.2) is 5.13 Å². The second-order valence-electron chi connectivity index (χ2n) is 3.83. The molecule has 14 heavy (non-hydrogen) atoms. The van der Waals surface area contributed by atoms with Gasteiger partial charge in [0, 0.05) is 30.6 Å². The average molecular weight is 276 g/mol. The maximum atomic E-state index is 4.44. The minimum Gasteiger partial charge on any atom is -0.345 e. The molecule has 2 rings (SSSR count). The van der Waals surface area contributed by atoms with E-state index in [4.69, 9.17) is 0 Å². The van der Waals surface area contributed by atoms with E-state index < -0.39 is 0 Å². The smallest absolute Gasteiger partial charge is 0.186 e. The molecule has 2 heterocycles. The van der Waals surface area contributed by atoms with Gasteiger partial charge in [0.1, 0.15) is 4.60 Å². The number of thiazole rings is 1. The van der Waals surface area contributed by atoms with Crippen LogP contribution < -0.4 is 10.2 Å². The number of nitrogens with one attached hydrogen (secondary N) is 1. The summed E-state index contributed by atoms with van der Waals surface area (Å²) in [5, 5.41) is 6.67. The predicted molar refractivity (Wildman–Crippen MR) is 64.1 cm³/mol. The van der Waals surface area contributed by atoms with Crippen LogP contribution in [0.3, 0.4) is 0 Å². The fourth-order valence-corrected chi connectivity index (χ4v) is 3.14. The fraction of sp³-hybridized carbons (Fsp3) is 0.667. The van der Waals surface area contributed by atoms with Crippen molar-refractivity contribution in [2.75, 3.05) is 18.0 Å². The van der Waals surface area contributed by atoms with Gasteiger partial charge in [-0.25, -0.2) is 4.98 Å². The highest BCUT2D eigenvalue weighted by molar-refractivity contribution is 9.10. The molecule has 5 heteroatoms. The van der Waals surface area contributed by atoms with Crippen LogP contribution in [0.5, 0.6) is 0 Å². The Morgan fingerprint density at radius 3 is 2.64 bits per heavy atom. The lowest BCUT2D eigenvalue weighted by Crippen LogP contribution is -2.54. The van der Waals surface area contributed by atoms with Crippen LogP contribution in [0.25, 0.3) is 0 Å². The number of nitrogens with zero attached hydrogens (tertiary/aromatic N) is 2. The van der Waals surface area contributed by atoms with Crippen molar-refractivity contribution in [1.82, 2.24) is 10.3 Å². The Balaban J connectivity index is 2.10. The maximum absolute atomic E-state index is 4.44. The van der Waals surface area contributed by atoms with Crippen LogP contribution in [0, 0.1) is 0 Å². The summed E-state index contributed by atoms with van der Waals surface area (Å²) in [5.74, 6) is 0. The number of rotatable bonds is 1. The molecule has 1 aromatic rings. The number of hydrogen-bond donors (Lipinski definition) is 1. The van der Waals surface area contributed by atoms with Gasteiger partial charge in [0.25, 0.3) is 0 Å². The summed E-state index contributed by atoms with van der Waals surface area (Å²) in [7, 11) is 0. The molecule has 0 spiro atoms. The van der Waals surface area contributed by atoms with Gasteiger partial charge in [-0.15, -0.1) is 11.3 Å². The zero-order valence-electron chi connectivity index (χ0n) is 8.33. The van der Waals surface area contributed by atoms with E-state index in [-0.39, 0.29) is 0 Å². The summed E-state index contributed by atoms with van der Waals surface area (Å²) in [5.41, 5.74) is 0. The standard InChI is InChI=1S/C9H14BrN3S/c1-6-3-13(4-7(2)11-6)9-12-8(10)5-14-9/h5-7,11H,3-4H2,1-2H3. The Bertz CT molecular complexity index is 305. The highest BCUT2D eigenvalue weighted by atomic mass is 79.9. The Morgan fingerprint density at radius 2 is 2.14 bits per heavy atom. The van der Waals surface area contributed by atoms with E-state index in [1.807, 2.05) is 5.38 Å². The van der Waals surface area contributed by atoms with Crippen molar-refractivity contribution >= 4 is 32.4 Å². The van der Waals surface area contributed by atoms with Gasteiger partial charge in [-0.3, -0.25) is 0 Å². The third-order valence-corrected chi connectivity index (χ3v) is 3.90. The molecule has 0 aromatic carbocycles. The molecule has 0 aliphatic carbocycles. The fourth-order valence-electron chi connectivity index (χ4n) is 1.87. The maximum Gasteiger partial charge on any atom is 0.186 e. The van der Waals surface area contributed by atoms with Gasteiger partial charge in [-0.2, -0.15) is 0 Å². The highest BCUT2D eigenvalue weighted by Gasteiger charge is 2.22. The molecule has 0 bridgehead atoms. The summed E-state index contributed by atoms with van der Waals surface area (Å²) in [6, 6.07) is 1.09. The third kappa shape index (κ3) is 2.27.